The second-order valence-electron chi connectivity index (χ2n) is 3.38. The standard InChI is InChI=1S/C13H13NO/c1-11(12-6-3-2-4-7-12)14-10-13-8-5-9-15-13/h2-11H,1H3/t11-/m1/s1. The van der Waals surface area contributed by atoms with Crippen LogP contribution in [-0.2, 0) is 0 Å². The summed E-state index contributed by atoms with van der Waals surface area (Å²) in [5.74, 6) is 0.790. The lowest BCUT2D eigenvalue weighted by Crippen LogP contribution is -1.89. The summed E-state index contributed by atoms with van der Waals surface area (Å²) in [4.78, 5) is 4.42. The quantitative estimate of drug-likeness (QED) is 0.695. The van der Waals surface area contributed by atoms with Crippen molar-refractivity contribution < 1.29 is 4.42 Å². The van der Waals surface area contributed by atoms with E-state index in [1.807, 2.05) is 30.3 Å². The molecule has 0 saturated heterocycles. The Balaban J connectivity index is 2.07. The molecule has 0 bridgehead atoms. The molecule has 2 nitrogen and oxygen atoms in total. The van der Waals surface area contributed by atoms with E-state index in [2.05, 4.69) is 24.0 Å². The van der Waals surface area contributed by atoms with E-state index in [0.717, 1.165) is 5.76 Å². The van der Waals surface area contributed by atoms with Crippen molar-refractivity contribution in [3.05, 3.63) is 60.1 Å². The Bertz CT molecular complexity index is 417. The highest BCUT2D eigenvalue weighted by atomic mass is 16.3. The number of benzene rings is 1. The second-order valence-corrected chi connectivity index (χ2v) is 3.38. The molecule has 0 aliphatic carbocycles. The van der Waals surface area contributed by atoms with Gasteiger partial charge < -0.3 is 4.42 Å². The van der Waals surface area contributed by atoms with Crippen LogP contribution in [-0.4, -0.2) is 6.21 Å². The molecule has 0 unspecified atom stereocenters. The van der Waals surface area contributed by atoms with Gasteiger partial charge >= 0.3 is 0 Å². The highest BCUT2D eigenvalue weighted by Crippen LogP contribution is 2.15. The van der Waals surface area contributed by atoms with Crippen LogP contribution in [0.15, 0.2) is 58.1 Å². The molecule has 1 heterocycles. The van der Waals surface area contributed by atoms with Crippen molar-refractivity contribution in [1.82, 2.24) is 0 Å². The molecule has 0 saturated carbocycles. The van der Waals surface area contributed by atoms with Gasteiger partial charge in [-0.3, -0.25) is 4.99 Å². The summed E-state index contributed by atoms with van der Waals surface area (Å²) in [5, 5.41) is 0. The van der Waals surface area contributed by atoms with Gasteiger partial charge in [0, 0.05) is 0 Å². The van der Waals surface area contributed by atoms with E-state index < -0.39 is 0 Å². The Morgan fingerprint density at radius 2 is 1.93 bits per heavy atom. The van der Waals surface area contributed by atoms with Gasteiger partial charge in [0.05, 0.1) is 18.5 Å². The third-order valence-electron chi connectivity index (χ3n) is 2.25. The van der Waals surface area contributed by atoms with Crippen molar-refractivity contribution >= 4 is 6.21 Å². The molecule has 1 atom stereocenters. The molecule has 0 spiro atoms. The zero-order valence-corrected chi connectivity index (χ0v) is 8.63. The molecule has 0 N–H and O–H groups in total. The van der Waals surface area contributed by atoms with E-state index in [9.17, 15) is 0 Å². The molecule has 2 aromatic rings. The predicted octanol–water partition coefficient (Wildman–Crippen LogP) is 3.46. The van der Waals surface area contributed by atoms with Gasteiger partial charge in [-0.05, 0) is 24.6 Å². The lowest BCUT2D eigenvalue weighted by atomic mass is 10.1. The van der Waals surface area contributed by atoms with Crippen LogP contribution in [0.3, 0.4) is 0 Å². The maximum Gasteiger partial charge on any atom is 0.144 e. The van der Waals surface area contributed by atoms with Crippen molar-refractivity contribution in [1.29, 1.82) is 0 Å². The van der Waals surface area contributed by atoms with E-state index >= 15 is 0 Å². The number of aliphatic imine (C=N–C) groups is 1. The zero-order valence-electron chi connectivity index (χ0n) is 8.63. The van der Waals surface area contributed by atoms with E-state index in [1.165, 1.54) is 5.56 Å². The largest absolute Gasteiger partial charge is 0.463 e. The van der Waals surface area contributed by atoms with E-state index in [4.69, 9.17) is 4.42 Å². The average molecular weight is 199 g/mol. The smallest absolute Gasteiger partial charge is 0.144 e. The maximum atomic E-state index is 5.17. The van der Waals surface area contributed by atoms with Crippen LogP contribution in [0.25, 0.3) is 0 Å². The van der Waals surface area contributed by atoms with Crippen LogP contribution >= 0.6 is 0 Å². The highest BCUT2D eigenvalue weighted by Gasteiger charge is 2.00. The van der Waals surface area contributed by atoms with Gasteiger partial charge in [-0.15, -0.1) is 0 Å². The van der Waals surface area contributed by atoms with Crippen molar-refractivity contribution in [2.24, 2.45) is 4.99 Å². The fourth-order valence-corrected chi connectivity index (χ4v) is 1.37. The van der Waals surface area contributed by atoms with E-state index in [-0.39, 0.29) is 6.04 Å². The first-order valence-corrected chi connectivity index (χ1v) is 4.98. The van der Waals surface area contributed by atoms with Crippen molar-refractivity contribution in [3.63, 3.8) is 0 Å². The molecule has 15 heavy (non-hydrogen) atoms. The van der Waals surface area contributed by atoms with Crippen LogP contribution in [0.2, 0.25) is 0 Å². The van der Waals surface area contributed by atoms with Gasteiger partial charge in [-0.2, -0.15) is 0 Å². The normalized spacial score (nSPS) is 13.1. The van der Waals surface area contributed by atoms with Crippen molar-refractivity contribution in [2.75, 3.05) is 0 Å². The fourth-order valence-electron chi connectivity index (χ4n) is 1.37. The molecular formula is C13H13NO. The molecule has 2 rings (SSSR count). The first kappa shape index (κ1) is 9.71. The summed E-state index contributed by atoms with van der Waals surface area (Å²) in [5.41, 5.74) is 1.21. The minimum Gasteiger partial charge on any atom is -0.463 e. The van der Waals surface area contributed by atoms with Crippen LogP contribution in [0.5, 0.6) is 0 Å². The topological polar surface area (TPSA) is 25.5 Å². The predicted molar refractivity (Wildman–Crippen MR) is 61.2 cm³/mol. The lowest BCUT2D eigenvalue weighted by Gasteiger charge is -2.04. The summed E-state index contributed by atoms with van der Waals surface area (Å²) >= 11 is 0. The Labute approximate surface area is 89.3 Å². The Hall–Kier alpha value is -1.83. The molecule has 1 aromatic heterocycles. The number of furan rings is 1. The third-order valence-corrected chi connectivity index (χ3v) is 2.25. The third kappa shape index (κ3) is 2.56. The van der Waals surface area contributed by atoms with Gasteiger partial charge in [0.25, 0.3) is 0 Å². The Morgan fingerprint density at radius 1 is 1.13 bits per heavy atom. The minimum atomic E-state index is 0.163. The maximum absolute atomic E-state index is 5.17. The van der Waals surface area contributed by atoms with Gasteiger partial charge in [0.2, 0.25) is 0 Å². The Kier molecular flexibility index (Phi) is 2.98. The SMILES string of the molecule is C[C@@H](N=Cc1ccco1)c1ccccc1. The van der Waals surface area contributed by atoms with Gasteiger partial charge in [0.1, 0.15) is 5.76 Å². The van der Waals surface area contributed by atoms with Crippen LogP contribution < -0.4 is 0 Å². The van der Waals surface area contributed by atoms with E-state index in [1.54, 1.807) is 12.5 Å². The second kappa shape index (κ2) is 4.60. The highest BCUT2D eigenvalue weighted by molar-refractivity contribution is 5.75. The molecule has 0 aliphatic heterocycles. The molecule has 0 amide bonds. The van der Waals surface area contributed by atoms with Crippen LogP contribution in [0.1, 0.15) is 24.3 Å². The lowest BCUT2D eigenvalue weighted by molar-refractivity contribution is 0.559. The van der Waals surface area contributed by atoms with Gasteiger partial charge in [-0.25, -0.2) is 0 Å². The summed E-state index contributed by atoms with van der Waals surface area (Å²) in [7, 11) is 0. The molecule has 0 aliphatic rings. The minimum absolute atomic E-state index is 0.163. The Morgan fingerprint density at radius 3 is 2.60 bits per heavy atom. The summed E-state index contributed by atoms with van der Waals surface area (Å²) in [6.45, 7) is 2.06. The van der Waals surface area contributed by atoms with Crippen molar-refractivity contribution in [2.45, 2.75) is 13.0 Å². The molecular weight excluding hydrogens is 186 g/mol. The summed E-state index contributed by atoms with van der Waals surface area (Å²) < 4.78 is 5.17. The number of rotatable bonds is 3. The molecule has 1 aromatic carbocycles. The first-order chi connectivity index (χ1) is 7.36. The molecule has 76 valence electrons. The summed E-state index contributed by atoms with van der Waals surface area (Å²) in [6.07, 6.45) is 3.41. The van der Waals surface area contributed by atoms with Gasteiger partial charge in [0.15, 0.2) is 0 Å². The average Bonchev–Trinajstić information content (AvgIpc) is 2.80. The van der Waals surface area contributed by atoms with E-state index in [0.29, 0.717) is 0 Å². The zero-order chi connectivity index (χ0) is 10.5. The van der Waals surface area contributed by atoms with Crippen molar-refractivity contribution in [3.8, 4) is 0 Å². The summed E-state index contributed by atoms with van der Waals surface area (Å²) in [6, 6.07) is 14.1. The van der Waals surface area contributed by atoms with Gasteiger partial charge in [-0.1, -0.05) is 30.3 Å². The number of hydrogen-bond acceptors (Lipinski definition) is 2. The number of nitrogens with zero attached hydrogens (tertiary/aromatic N) is 1. The van der Waals surface area contributed by atoms with Crippen LogP contribution in [0, 0.1) is 0 Å². The van der Waals surface area contributed by atoms with Crippen LogP contribution in [0.4, 0.5) is 0 Å². The number of hydrogen-bond donors (Lipinski definition) is 0. The molecule has 0 radical (unpaired) electrons. The molecule has 0 fully saturated rings. The monoisotopic (exact) mass is 199 g/mol. The molecule has 2 heteroatoms. The first-order valence-electron chi connectivity index (χ1n) is 4.98. The fraction of sp³-hybridized carbons (Fsp3) is 0.154.